The smallest absolute Gasteiger partial charge is 0.140 e. The number of nitrogens with zero attached hydrogens (tertiary/aromatic N) is 2. The minimum absolute atomic E-state index is 0.240. The molecule has 1 aromatic rings. The van der Waals surface area contributed by atoms with E-state index in [4.69, 9.17) is 11.6 Å². The topological polar surface area (TPSA) is 25.8 Å². The van der Waals surface area contributed by atoms with Crippen LogP contribution in [0.15, 0.2) is 0 Å². The van der Waals surface area contributed by atoms with E-state index in [1.807, 2.05) is 23.5 Å². The molecule has 1 aliphatic heterocycles. The van der Waals surface area contributed by atoms with Crippen molar-refractivity contribution >= 4 is 35.1 Å². The van der Waals surface area contributed by atoms with Gasteiger partial charge in [-0.05, 0) is 0 Å². The molecule has 0 amide bonds. The van der Waals surface area contributed by atoms with Gasteiger partial charge in [0.1, 0.15) is 11.0 Å². The molecule has 0 fully saturated rings. The van der Waals surface area contributed by atoms with E-state index in [1.165, 1.54) is 0 Å². The van der Waals surface area contributed by atoms with Crippen molar-refractivity contribution in [3.63, 3.8) is 0 Å². The first-order valence-corrected chi connectivity index (χ1v) is 7.73. The van der Waals surface area contributed by atoms with E-state index in [0.717, 1.165) is 34.3 Å². The van der Waals surface area contributed by atoms with Crippen LogP contribution in [0.2, 0.25) is 5.15 Å². The highest BCUT2D eigenvalue weighted by molar-refractivity contribution is 7.99. The van der Waals surface area contributed by atoms with Crippen LogP contribution < -0.4 is 0 Å². The molecule has 1 aliphatic rings. The minimum atomic E-state index is 0.240. The molecule has 0 atom stereocenters. The summed E-state index contributed by atoms with van der Waals surface area (Å²) in [5, 5.41) is 0.652. The minimum Gasteiger partial charge on any atom is -0.236 e. The number of halogens is 1. The highest BCUT2D eigenvalue weighted by Crippen LogP contribution is 2.33. The SMILES string of the molecule is CC(C)(C)SCc1nc(Cl)c2c(n1)CSC2. The molecule has 16 heavy (non-hydrogen) atoms. The van der Waals surface area contributed by atoms with Crippen LogP contribution in [-0.2, 0) is 17.3 Å². The van der Waals surface area contributed by atoms with Gasteiger partial charge in [-0.3, -0.25) is 0 Å². The Morgan fingerprint density at radius 3 is 2.75 bits per heavy atom. The van der Waals surface area contributed by atoms with Crippen LogP contribution >= 0.6 is 35.1 Å². The lowest BCUT2D eigenvalue weighted by Gasteiger charge is -2.17. The maximum absolute atomic E-state index is 6.15. The Morgan fingerprint density at radius 2 is 2.06 bits per heavy atom. The van der Waals surface area contributed by atoms with Crippen molar-refractivity contribution in [3.8, 4) is 0 Å². The first-order chi connectivity index (χ1) is 7.46. The third-order valence-electron chi connectivity index (χ3n) is 2.21. The summed E-state index contributed by atoms with van der Waals surface area (Å²) in [6, 6.07) is 0. The monoisotopic (exact) mass is 274 g/mol. The van der Waals surface area contributed by atoms with Gasteiger partial charge in [0.2, 0.25) is 0 Å². The van der Waals surface area contributed by atoms with Crippen LogP contribution in [0.1, 0.15) is 37.9 Å². The Kier molecular flexibility index (Phi) is 3.72. The maximum atomic E-state index is 6.15. The highest BCUT2D eigenvalue weighted by atomic mass is 35.5. The largest absolute Gasteiger partial charge is 0.236 e. The van der Waals surface area contributed by atoms with E-state index in [-0.39, 0.29) is 4.75 Å². The number of hydrogen-bond donors (Lipinski definition) is 0. The summed E-state index contributed by atoms with van der Waals surface area (Å²) in [6.45, 7) is 6.59. The normalized spacial score (nSPS) is 15.2. The average Bonchev–Trinajstić information content (AvgIpc) is 2.62. The van der Waals surface area contributed by atoms with Crippen molar-refractivity contribution in [2.24, 2.45) is 0 Å². The Labute approximate surface area is 110 Å². The second-order valence-electron chi connectivity index (χ2n) is 4.75. The van der Waals surface area contributed by atoms with Gasteiger partial charge in [0, 0.05) is 21.8 Å². The first kappa shape index (κ1) is 12.5. The zero-order chi connectivity index (χ0) is 11.8. The average molecular weight is 275 g/mol. The van der Waals surface area contributed by atoms with Crippen molar-refractivity contribution in [1.82, 2.24) is 9.97 Å². The van der Waals surface area contributed by atoms with Gasteiger partial charge in [-0.25, -0.2) is 9.97 Å². The Morgan fingerprint density at radius 1 is 1.31 bits per heavy atom. The van der Waals surface area contributed by atoms with Crippen LogP contribution in [0, 0.1) is 0 Å². The van der Waals surface area contributed by atoms with E-state index < -0.39 is 0 Å². The fraction of sp³-hybridized carbons (Fsp3) is 0.636. The van der Waals surface area contributed by atoms with Crippen molar-refractivity contribution in [2.45, 2.75) is 42.8 Å². The summed E-state index contributed by atoms with van der Waals surface area (Å²) in [6.07, 6.45) is 0. The number of thioether (sulfide) groups is 2. The third kappa shape index (κ3) is 3.05. The highest BCUT2D eigenvalue weighted by Gasteiger charge is 2.19. The molecule has 0 spiro atoms. The van der Waals surface area contributed by atoms with Gasteiger partial charge >= 0.3 is 0 Å². The summed E-state index contributed by atoms with van der Waals surface area (Å²) in [4.78, 5) is 8.95. The summed E-state index contributed by atoms with van der Waals surface area (Å²) in [5.41, 5.74) is 2.27. The van der Waals surface area contributed by atoms with Gasteiger partial charge < -0.3 is 0 Å². The molecule has 2 nitrogen and oxygen atoms in total. The molecule has 0 unspecified atom stereocenters. The third-order valence-corrected chi connectivity index (χ3v) is 4.76. The Hall–Kier alpha value is 0.0700. The molecule has 1 aromatic heterocycles. The number of rotatable bonds is 2. The molecule has 0 bridgehead atoms. The van der Waals surface area contributed by atoms with E-state index in [9.17, 15) is 0 Å². The van der Waals surface area contributed by atoms with Gasteiger partial charge in [0.25, 0.3) is 0 Å². The van der Waals surface area contributed by atoms with Crippen molar-refractivity contribution in [3.05, 3.63) is 22.2 Å². The van der Waals surface area contributed by atoms with E-state index in [0.29, 0.717) is 5.15 Å². The Bertz CT molecular complexity index is 402. The van der Waals surface area contributed by atoms with Gasteiger partial charge in [-0.1, -0.05) is 32.4 Å². The van der Waals surface area contributed by atoms with Gasteiger partial charge in [-0.15, -0.1) is 11.8 Å². The van der Waals surface area contributed by atoms with Gasteiger partial charge in [0.15, 0.2) is 0 Å². The molecule has 0 aromatic carbocycles. The van der Waals surface area contributed by atoms with Gasteiger partial charge in [-0.2, -0.15) is 11.8 Å². The van der Waals surface area contributed by atoms with Crippen LogP contribution in [-0.4, -0.2) is 14.7 Å². The summed E-state index contributed by atoms with van der Waals surface area (Å²) >= 11 is 9.86. The maximum Gasteiger partial charge on any atom is 0.140 e. The summed E-state index contributed by atoms with van der Waals surface area (Å²) in [5.74, 6) is 3.64. The second-order valence-corrected chi connectivity index (χ2v) is 7.90. The van der Waals surface area contributed by atoms with E-state index >= 15 is 0 Å². The lowest BCUT2D eigenvalue weighted by Crippen LogP contribution is -2.09. The fourth-order valence-electron chi connectivity index (χ4n) is 1.41. The van der Waals surface area contributed by atoms with E-state index in [1.54, 1.807) is 0 Å². The van der Waals surface area contributed by atoms with Crippen LogP contribution in [0.25, 0.3) is 0 Å². The molecule has 0 saturated carbocycles. The van der Waals surface area contributed by atoms with Crippen molar-refractivity contribution in [1.29, 1.82) is 0 Å². The predicted octanol–water partition coefficient (Wildman–Crippen LogP) is 3.91. The van der Waals surface area contributed by atoms with E-state index in [2.05, 4.69) is 30.7 Å². The molecule has 5 heteroatoms. The lowest BCUT2D eigenvalue weighted by molar-refractivity contribution is 0.799. The van der Waals surface area contributed by atoms with Crippen molar-refractivity contribution < 1.29 is 0 Å². The summed E-state index contributed by atoms with van der Waals surface area (Å²) < 4.78 is 0.240. The number of aromatic nitrogens is 2. The zero-order valence-corrected chi connectivity index (χ0v) is 12.1. The molecule has 2 rings (SSSR count). The van der Waals surface area contributed by atoms with Crippen molar-refractivity contribution in [2.75, 3.05) is 0 Å². The zero-order valence-electron chi connectivity index (χ0n) is 9.71. The standard InChI is InChI=1S/C11H15ClN2S2/c1-11(2,3)16-6-9-13-8-5-15-4-7(8)10(12)14-9/h4-6H2,1-3H3. The quantitative estimate of drug-likeness (QED) is 0.764. The fourth-order valence-corrected chi connectivity index (χ4v) is 3.49. The molecular formula is C11H15ClN2S2. The molecule has 0 N–H and O–H groups in total. The molecular weight excluding hydrogens is 260 g/mol. The molecule has 0 aliphatic carbocycles. The number of hydrogen-bond acceptors (Lipinski definition) is 4. The van der Waals surface area contributed by atoms with Crippen LogP contribution in [0.3, 0.4) is 0 Å². The van der Waals surface area contributed by atoms with Gasteiger partial charge in [0.05, 0.1) is 11.4 Å². The molecule has 88 valence electrons. The van der Waals surface area contributed by atoms with Crippen LogP contribution in [0.4, 0.5) is 0 Å². The number of fused-ring (bicyclic) bond motifs is 1. The first-order valence-electron chi connectivity index (χ1n) is 5.21. The molecule has 0 saturated heterocycles. The molecule has 2 heterocycles. The molecule has 0 radical (unpaired) electrons. The lowest BCUT2D eigenvalue weighted by atomic mass is 10.3. The predicted molar refractivity (Wildman–Crippen MR) is 73.1 cm³/mol. The summed E-state index contributed by atoms with van der Waals surface area (Å²) in [7, 11) is 0. The second kappa shape index (κ2) is 4.75. The van der Waals surface area contributed by atoms with Crippen LogP contribution in [0.5, 0.6) is 0 Å². The Balaban J connectivity index is 2.14.